The topological polar surface area (TPSA) is 87.3 Å². The highest BCUT2D eigenvalue weighted by Crippen LogP contribution is 2.16. The number of amides is 3. The van der Waals surface area contributed by atoms with E-state index in [1.807, 2.05) is 13.8 Å². The second kappa shape index (κ2) is 8.80. The lowest BCUT2D eigenvalue weighted by Crippen LogP contribution is -2.27. The maximum atomic E-state index is 12.5. The Morgan fingerprint density at radius 2 is 1.42 bits per heavy atom. The Balaban J connectivity index is 2.09. The Labute approximate surface area is 153 Å². The maximum absolute atomic E-state index is 12.5. The molecule has 26 heavy (non-hydrogen) atoms. The van der Waals surface area contributed by atoms with Crippen LogP contribution in [0.15, 0.2) is 48.5 Å². The number of hydrogen-bond acceptors (Lipinski definition) is 3. The van der Waals surface area contributed by atoms with E-state index < -0.39 is 0 Å². The van der Waals surface area contributed by atoms with Crippen LogP contribution in [0.4, 0.5) is 11.4 Å². The average molecular weight is 353 g/mol. The second-order valence-corrected chi connectivity index (χ2v) is 6.40. The third kappa shape index (κ3) is 5.73. The van der Waals surface area contributed by atoms with Crippen molar-refractivity contribution in [2.45, 2.75) is 20.8 Å². The van der Waals surface area contributed by atoms with Crippen molar-refractivity contribution in [3.8, 4) is 0 Å². The molecule has 0 unspecified atom stereocenters. The van der Waals surface area contributed by atoms with Gasteiger partial charge in [0.2, 0.25) is 5.91 Å². The first-order valence-corrected chi connectivity index (χ1v) is 8.42. The van der Waals surface area contributed by atoms with E-state index in [1.165, 1.54) is 6.92 Å². The Morgan fingerprint density at radius 1 is 0.846 bits per heavy atom. The molecular weight excluding hydrogens is 330 g/mol. The number of anilines is 2. The Bertz CT molecular complexity index is 815. The van der Waals surface area contributed by atoms with Gasteiger partial charge in [-0.15, -0.1) is 0 Å². The highest BCUT2D eigenvalue weighted by atomic mass is 16.2. The zero-order valence-corrected chi connectivity index (χ0v) is 15.1. The van der Waals surface area contributed by atoms with Gasteiger partial charge in [0, 0.05) is 36.0 Å². The summed E-state index contributed by atoms with van der Waals surface area (Å²) in [6, 6.07) is 13.4. The minimum atomic E-state index is -0.330. The van der Waals surface area contributed by atoms with E-state index in [0.717, 1.165) is 0 Å². The van der Waals surface area contributed by atoms with Crippen LogP contribution >= 0.6 is 0 Å². The van der Waals surface area contributed by atoms with Gasteiger partial charge in [0.15, 0.2) is 0 Å². The number of nitrogens with one attached hydrogen (secondary N) is 3. The Kier molecular flexibility index (Phi) is 6.49. The molecule has 6 heteroatoms. The number of rotatable bonds is 6. The van der Waals surface area contributed by atoms with Crippen LogP contribution in [0.5, 0.6) is 0 Å². The SMILES string of the molecule is CC(=O)Nc1cccc(NC(=O)c2cccc(C(=O)NCC(C)C)c2)c1. The summed E-state index contributed by atoms with van der Waals surface area (Å²) in [5.74, 6) is -0.376. The molecule has 0 aliphatic carbocycles. The maximum Gasteiger partial charge on any atom is 0.255 e. The van der Waals surface area contributed by atoms with Gasteiger partial charge in [-0.3, -0.25) is 14.4 Å². The fourth-order valence-corrected chi connectivity index (χ4v) is 2.28. The molecular formula is C20H23N3O3. The summed E-state index contributed by atoms with van der Waals surface area (Å²) in [4.78, 5) is 35.7. The highest BCUT2D eigenvalue weighted by molar-refractivity contribution is 6.06. The summed E-state index contributed by atoms with van der Waals surface area (Å²) in [6.07, 6.45) is 0. The molecule has 0 radical (unpaired) electrons. The molecule has 3 N–H and O–H groups in total. The Morgan fingerprint density at radius 3 is 2.04 bits per heavy atom. The minimum Gasteiger partial charge on any atom is -0.352 e. The van der Waals surface area contributed by atoms with E-state index in [9.17, 15) is 14.4 Å². The molecule has 0 heterocycles. The predicted molar refractivity (Wildman–Crippen MR) is 102 cm³/mol. The molecule has 0 atom stereocenters. The molecule has 0 aliphatic heterocycles. The van der Waals surface area contributed by atoms with E-state index in [-0.39, 0.29) is 17.7 Å². The monoisotopic (exact) mass is 353 g/mol. The lowest BCUT2D eigenvalue weighted by Gasteiger charge is -2.10. The van der Waals surface area contributed by atoms with Gasteiger partial charge in [0.25, 0.3) is 11.8 Å². The first-order chi connectivity index (χ1) is 12.3. The molecule has 0 saturated heterocycles. The third-order valence-corrected chi connectivity index (χ3v) is 3.50. The van der Waals surface area contributed by atoms with Crippen LogP contribution in [0, 0.1) is 5.92 Å². The van der Waals surface area contributed by atoms with Crippen molar-refractivity contribution in [2.75, 3.05) is 17.2 Å². The molecule has 2 aromatic rings. The summed E-state index contributed by atoms with van der Waals surface area (Å²) in [7, 11) is 0. The van der Waals surface area contributed by atoms with Crippen LogP contribution < -0.4 is 16.0 Å². The fraction of sp³-hybridized carbons (Fsp3) is 0.250. The molecule has 0 aromatic heterocycles. The van der Waals surface area contributed by atoms with Crippen molar-refractivity contribution in [3.05, 3.63) is 59.7 Å². The third-order valence-electron chi connectivity index (χ3n) is 3.50. The molecule has 0 spiro atoms. The molecule has 0 saturated carbocycles. The molecule has 2 aromatic carbocycles. The molecule has 6 nitrogen and oxygen atoms in total. The van der Waals surface area contributed by atoms with Crippen molar-refractivity contribution in [3.63, 3.8) is 0 Å². The molecule has 0 bridgehead atoms. The predicted octanol–water partition coefficient (Wildman–Crippen LogP) is 3.28. The standard InChI is InChI=1S/C20H23N3O3/c1-13(2)12-21-19(25)15-6-4-7-16(10-15)20(26)23-18-9-5-8-17(11-18)22-14(3)24/h4-11,13H,12H2,1-3H3,(H,21,25)(H,22,24)(H,23,26). The number of hydrogen-bond donors (Lipinski definition) is 3. The van der Waals surface area contributed by atoms with Gasteiger partial charge in [0.1, 0.15) is 0 Å². The number of carbonyl (C=O) groups excluding carboxylic acids is 3. The van der Waals surface area contributed by atoms with Crippen LogP contribution in [0.25, 0.3) is 0 Å². The van der Waals surface area contributed by atoms with E-state index in [4.69, 9.17) is 0 Å². The van der Waals surface area contributed by atoms with Crippen molar-refractivity contribution >= 4 is 29.1 Å². The van der Waals surface area contributed by atoms with Gasteiger partial charge >= 0.3 is 0 Å². The summed E-state index contributed by atoms with van der Waals surface area (Å²) in [5.41, 5.74) is 1.96. The fourth-order valence-electron chi connectivity index (χ4n) is 2.28. The van der Waals surface area contributed by atoms with Crippen molar-refractivity contribution < 1.29 is 14.4 Å². The first-order valence-electron chi connectivity index (χ1n) is 8.42. The van der Waals surface area contributed by atoms with E-state index in [0.29, 0.717) is 35.0 Å². The zero-order chi connectivity index (χ0) is 19.1. The quantitative estimate of drug-likeness (QED) is 0.745. The van der Waals surface area contributed by atoms with Crippen molar-refractivity contribution in [2.24, 2.45) is 5.92 Å². The minimum absolute atomic E-state index is 0.186. The Hall–Kier alpha value is -3.15. The van der Waals surface area contributed by atoms with Crippen molar-refractivity contribution in [1.29, 1.82) is 0 Å². The lowest BCUT2D eigenvalue weighted by atomic mass is 10.1. The van der Waals surface area contributed by atoms with Gasteiger partial charge in [-0.2, -0.15) is 0 Å². The molecule has 2 rings (SSSR count). The van der Waals surface area contributed by atoms with Crippen molar-refractivity contribution in [1.82, 2.24) is 5.32 Å². The van der Waals surface area contributed by atoms with Gasteiger partial charge in [-0.05, 0) is 42.3 Å². The van der Waals surface area contributed by atoms with Gasteiger partial charge < -0.3 is 16.0 Å². The van der Waals surface area contributed by atoms with Crippen LogP contribution in [0.1, 0.15) is 41.5 Å². The number of benzene rings is 2. The van der Waals surface area contributed by atoms with E-state index >= 15 is 0 Å². The number of carbonyl (C=O) groups is 3. The first kappa shape index (κ1) is 19.2. The second-order valence-electron chi connectivity index (χ2n) is 6.40. The van der Waals surface area contributed by atoms with Gasteiger partial charge in [-0.1, -0.05) is 26.0 Å². The smallest absolute Gasteiger partial charge is 0.255 e. The highest BCUT2D eigenvalue weighted by Gasteiger charge is 2.11. The van der Waals surface area contributed by atoms with Crippen LogP contribution in [-0.2, 0) is 4.79 Å². The molecule has 0 aliphatic rings. The lowest BCUT2D eigenvalue weighted by molar-refractivity contribution is -0.114. The molecule has 136 valence electrons. The van der Waals surface area contributed by atoms with Gasteiger partial charge in [0.05, 0.1) is 0 Å². The molecule has 3 amide bonds. The van der Waals surface area contributed by atoms with Crippen LogP contribution in [0.2, 0.25) is 0 Å². The normalized spacial score (nSPS) is 10.3. The average Bonchev–Trinajstić information content (AvgIpc) is 2.59. The summed E-state index contributed by atoms with van der Waals surface area (Å²) in [5, 5.41) is 8.26. The van der Waals surface area contributed by atoms with E-state index in [2.05, 4.69) is 16.0 Å². The van der Waals surface area contributed by atoms with E-state index in [1.54, 1.807) is 48.5 Å². The van der Waals surface area contributed by atoms with Gasteiger partial charge in [-0.25, -0.2) is 0 Å². The largest absolute Gasteiger partial charge is 0.352 e. The summed E-state index contributed by atoms with van der Waals surface area (Å²) in [6.45, 7) is 6.02. The summed E-state index contributed by atoms with van der Waals surface area (Å²) >= 11 is 0. The molecule has 0 fully saturated rings. The zero-order valence-electron chi connectivity index (χ0n) is 15.1. The van der Waals surface area contributed by atoms with Crippen LogP contribution in [0.3, 0.4) is 0 Å². The van der Waals surface area contributed by atoms with Crippen LogP contribution in [-0.4, -0.2) is 24.3 Å². The summed E-state index contributed by atoms with van der Waals surface area (Å²) < 4.78 is 0.